The number of hydrogen-bond acceptors (Lipinski definition) is 2. The molecule has 0 spiro atoms. The molecule has 3 nitrogen and oxygen atoms in total. The van der Waals surface area contributed by atoms with Crippen molar-refractivity contribution >= 4 is 17.4 Å². The number of Topliss-reactive ketones (excluding diaryl/α,β-unsaturated/α-hetero) is 1. The Kier molecular flexibility index (Phi) is 7.90. The highest BCUT2D eigenvalue weighted by Gasteiger charge is 2.14. The van der Waals surface area contributed by atoms with Gasteiger partial charge in [-0.3, -0.25) is 9.48 Å². The molecule has 0 aliphatic rings. The van der Waals surface area contributed by atoms with E-state index in [1.165, 1.54) is 32.1 Å². The van der Waals surface area contributed by atoms with Crippen LogP contribution in [0.3, 0.4) is 0 Å². The van der Waals surface area contributed by atoms with Crippen molar-refractivity contribution in [3.8, 4) is 0 Å². The van der Waals surface area contributed by atoms with Crippen LogP contribution in [0.1, 0.15) is 69.5 Å². The van der Waals surface area contributed by atoms with Gasteiger partial charge in [-0.1, -0.05) is 57.0 Å². The molecule has 0 unspecified atom stereocenters. The van der Waals surface area contributed by atoms with Gasteiger partial charge in [-0.15, -0.1) is 0 Å². The van der Waals surface area contributed by atoms with E-state index in [0.29, 0.717) is 18.0 Å². The highest BCUT2D eigenvalue weighted by molar-refractivity contribution is 6.30. The lowest BCUT2D eigenvalue weighted by Crippen LogP contribution is -2.03. The fraction of sp³-hybridized carbons (Fsp3) is 0.750. The minimum atomic E-state index is 0.275. The van der Waals surface area contributed by atoms with E-state index in [4.69, 9.17) is 11.6 Å². The van der Waals surface area contributed by atoms with Gasteiger partial charge in [0.05, 0.1) is 5.69 Å². The van der Waals surface area contributed by atoms with Gasteiger partial charge < -0.3 is 0 Å². The molecule has 0 N–H and O–H groups in total. The van der Waals surface area contributed by atoms with E-state index < -0.39 is 0 Å². The summed E-state index contributed by atoms with van der Waals surface area (Å²) in [5.74, 6) is 0.275. The molecule has 1 rings (SSSR count). The van der Waals surface area contributed by atoms with Crippen molar-refractivity contribution in [1.29, 1.82) is 0 Å². The molecule has 0 radical (unpaired) electrons. The number of aryl methyl sites for hydroxylation is 2. The van der Waals surface area contributed by atoms with Gasteiger partial charge in [0.15, 0.2) is 0 Å². The average molecular weight is 299 g/mol. The molecule has 0 saturated carbocycles. The molecule has 0 aliphatic carbocycles. The summed E-state index contributed by atoms with van der Waals surface area (Å²) in [7, 11) is 1.81. The minimum absolute atomic E-state index is 0.275. The van der Waals surface area contributed by atoms with Crippen LogP contribution in [0.5, 0.6) is 0 Å². The first-order valence-electron chi connectivity index (χ1n) is 7.76. The Labute approximate surface area is 127 Å². The second-order valence-electron chi connectivity index (χ2n) is 5.57. The van der Waals surface area contributed by atoms with E-state index in [-0.39, 0.29) is 5.78 Å². The van der Waals surface area contributed by atoms with Crippen molar-refractivity contribution < 1.29 is 4.79 Å². The third kappa shape index (κ3) is 5.66. The maximum atomic E-state index is 12.0. The van der Waals surface area contributed by atoms with Gasteiger partial charge >= 0.3 is 0 Å². The predicted molar refractivity (Wildman–Crippen MR) is 84.3 cm³/mol. The summed E-state index contributed by atoms with van der Waals surface area (Å²) in [5.41, 5.74) is 1.76. The van der Waals surface area contributed by atoms with Gasteiger partial charge in [0, 0.05) is 25.5 Å². The first kappa shape index (κ1) is 17.2. The molecule has 0 aliphatic heterocycles. The Hall–Kier alpha value is -0.830. The van der Waals surface area contributed by atoms with Crippen LogP contribution in [-0.4, -0.2) is 15.6 Å². The van der Waals surface area contributed by atoms with Crippen LogP contribution in [0.4, 0.5) is 0 Å². The van der Waals surface area contributed by atoms with E-state index in [9.17, 15) is 4.79 Å². The van der Waals surface area contributed by atoms with Crippen molar-refractivity contribution in [1.82, 2.24) is 9.78 Å². The predicted octanol–water partition coefficient (Wildman–Crippen LogP) is 4.63. The van der Waals surface area contributed by atoms with Crippen molar-refractivity contribution in [3.63, 3.8) is 0 Å². The number of nitrogens with zero attached hydrogens (tertiary/aromatic N) is 2. The van der Waals surface area contributed by atoms with E-state index in [1.54, 1.807) is 11.7 Å². The third-order valence-corrected chi connectivity index (χ3v) is 4.18. The van der Waals surface area contributed by atoms with Crippen molar-refractivity contribution in [3.05, 3.63) is 16.4 Å². The molecular weight excluding hydrogens is 272 g/mol. The molecule has 0 bridgehead atoms. The molecule has 0 fully saturated rings. The number of unbranched alkanes of at least 4 members (excludes halogenated alkanes) is 6. The Balaban J connectivity index is 2.20. The second kappa shape index (κ2) is 9.17. The first-order valence-corrected chi connectivity index (χ1v) is 8.13. The van der Waals surface area contributed by atoms with Crippen LogP contribution in [0.25, 0.3) is 0 Å². The summed E-state index contributed by atoms with van der Waals surface area (Å²) in [6.07, 6.45) is 9.75. The van der Waals surface area contributed by atoms with Crippen molar-refractivity contribution in [2.75, 3.05) is 0 Å². The van der Waals surface area contributed by atoms with E-state index in [2.05, 4.69) is 12.0 Å². The van der Waals surface area contributed by atoms with Crippen LogP contribution in [-0.2, 0) is 18.3 Å². The van der Waals surface area contributed by atoms with Gasteiger partial charge in [-0.25, -0.2) is 0 Å². The molecule has 20 heavy (non-hydrogen) atoms. The zero-order chi connectivity index (χ0) is 15.0. The van der Waals surface area contributed by atoms with E-state index >= 15 is 0 Å². The summed E-state index contributed by atoms with van der Waals surface area (Å²) < 4.78 is 1.63. The largest absolute Gasteiger partial charge is 0.299 e. The van der Waals surface area contributed by atoms with Crippen LogP contribution >= 0.6 is 11.6 Å². The number of ketones is 1. The fourth-order valence-corrected chi connectivity index (χ4v) is 2.68. The van der Waals surface area contributed by atoms with E-state index in [1.807, 2.05) is 6.92 Å². The summed E-state index contributed by atoms with van der Waals surface area (Å²) in [6, 6.07) is 0. The van der Waals surface area contributed by atoms with Crippen LogP contribution in [0, 0.1) is 6.92 Å². The Morgan fingerprint density at radius 1 is 1.15 bits per heavy atom. The topological polar surface area (TPSA) is 34.9 Å². The molecule has 1 heterocycles. The zero-order valence-corrected chi connectivity index (χ0v) is 13.8. The number of carbonyl (C=O) groups is 1. The number of aromatic nitrogens is 2. The summed E-state index contributed by atoms with van der Waals surface area (Å²) >= 11 is 6.14. The highest BCUT2D eigenvalue weighted by atomic mass is 35.5. The minimum Gasteiger partial charge on any atom is -0.299 e. The molecule has 0 amide bonds. The molecular formula is C16H27ClN2O. The van der Waals surface area contributed by atoms with Crippen LogP contribution in [0.15, 0.2) is 0 Å². The molecule has 0 aromatic carbocycles. The Bertz CT molecular complexity index is 426. The fourth-order valence-electron chi connectivity index (χ4n) is 2.44. The third-order valence-electron chi connectivity index (χ3n) is 3.70. The average Bonchev–Trinajstić information content (AvgIpc) is 2.64. The van der Waals surface area contributed by atoms with E-state index in [0.717, 1.165) is 24.1 Å². The Morgan fingerprint density at radius 3 is 2.30 bits per heavy atom. The number of halogens is 1. The number of hydrogen-bond donors (Lipinski definition) is 0. The maximum Gasteiger partial charge on any atom is 0.137 e. The quantitative estimate of drug-likeness (QED) is 0.590. The molecule has 1 aromatic heterocycles. The lowest BCUT2D eigenvalue weighted by atomic mass is 10.0. The molecule has 0 atom stereocenters. The monoisotopic (exact) mass is 298 g/mol. The van der Waals surface area contributed by atoms with Gasteiger partial charge in [-0.05, 0) is 13.3 Å². The maximum absolute atomic E-state index is 12.0. The van der Waals surface area contributed by atoms with Crippen LogP contribution in [0.2, 0.25) is 5.15 Å². The summed E-state index contributed by atoms with van der Waals surface area (Å²) in [6.45, 7) is 4.13. The smallest absolute Gasteiger partial charge is 0.137 e. The zero-order valence-electron chi connectivity index (χ0n) is 13.0. The first-order chi connectivity index (χ1) is 9.56. The lowest BCUT2D eigenvalue weighted by Gasteiger charge is -2.02. The normalized spacial score (nSPS) is 11.0. The number of rotatable bonds is 10. The standard InChI is InChI=1S/C16H27ClN2O/c1-4-5-6-7-8-9-10-11-14(20)12-15-13(2)18-19(3)16(15)17/h4-12H2,1-3H3. The van der Waals surface area contributed by atoms with Gasteiger partial charge in [0.2, 0.25) is 0 Å². The van der Waals surface area contributed by atoms with Crippen molar-refractivity contribution in [2.24, 2.45) is 7.05 Å². The van der Waals surface area contributed by atoms with Gasteiger partial charge in [0.1, 0.15) is 10.9 Å². The number of carbonyl (C=O) groups excluding carboxylic acids is 1. The highest BCUT2D eigenvalue weighted by Crippen LogP contribution is 2.20. The summed E-state index contributed by atoms with van der Waals surface area (Å²) in [5, 5.41) is 4.83. The molecule has 0 saturated heterocycles. The van der Waals surface area contributed by atoms with Crippen LogP contribution < -0.4 is 0 Å². The molecule has 1 aromatic rings. The second-order valence-corrected chi connectivity index (χ2v) is 5.92. The Morgan fingerprint density at radius 2 is 1.75 bits per heavy atom. The van der Waals surface area contributed by atoms with Gasteiger partial charge in [-0.2, -0.15) is 5.10 Å². The lowest BCUT2D eigenvalue weighted by molar-refractivity contribution is -0.118. The van der Waals surface area contributed by atoms with Gasteiger partial charge in [0.25, 0.3) is 0 Å². The molecule has 114 valence electrons. The summed E-state index contributed by atoms with van der Waals surface area (Å²) in [4.78, 5) is 12.0. The SMILES string of the molecule is CCCCCCCCCC(=O)Cc1c(C)nn(C)c1Cl. The van der Waals surface area contributed by atoms with Crippen molar-refractivity contribution in [2.45, 2.75) is 71.6 Å². The molecule has 4 heteroatoms.